The maximum atomic E-state index is 0. The molecular formula is H2AuCl4KO. The van der Waals surface area contributed by atoms with E-state index in [4.69, 9.17) is 0 Å². The van der Waals surface area contributed by atoms with E-state index in [9.17, 15) is 0 Å². The second-order valence-electron chi connectivity index (χ2n) is 0. The van der Waals surface area contributed by atoms with Crippen LogP contribution in [0.2, 0.25) is 0 Å². The quantitative estimate of drug-likeness (QED) is 0.365. The van der Waals surface area contributed by atoms with Gasteiger partial charge in [0.05, 0.1) is 0 Å². The standard InChI is InChI=1S/Au.4ClH.K.H2O/h;4*1H;;1H2/q+3;;;;;+1;/p-4. The third-order valence-electron chi connectivity index (χ3n) is 0. The Morgan fingerprint density at radius 1 is 0.571 bits per heavy atom. The van der Waals surface area contributed by atoms with Gasteiger partial charge < -0.3 is 55.1 Å². The first kappa shape index (κ1) is 77.4. The summed E-state index contributed by atoms with van der Waals surface area (Å²) in [6, 6.07) is 0. The molecule has 0 rings (SSSR count). The summed E-state index contributed by atoms with van der Waals surface area (Å²) in [4.78, 5) is 0. The maximum absolute atomic E-state index is 0. The van der Waals surface area contributed by atoms with Gasteiger partial charge in [-0.3, -0.25) is 0 Å². The van der Waals surface area contributed by atoms with Crippen molar-refractivity contribution in [2.75, 3.05) is 0 Å². The summed E-state index contributed by atoms with van der Waals surface area (Å²) < 4.78 is 0. The van der Waals surface area contributed by atoms with Crippen molar-refractivity contribution in [3.63, 3.8) is 0 Å². The number of halogens is 4. The van der Waals surface area contributed by atoms with Crippen LogP contribution in [-0.4, -0.2) is 5.48 Å². The van der Waals surface area contributed by atoms with E-state index in [-0.39, 0.29) is 129 Å². The van der Waals surface area contributed by atoms with Gasteiger partial charge in [0.2, 0.25) is 0 Å². The van der Waals surface area contributed by atoms with Gasteiger partial charge in [0.1, 0.15) is 0 Å². The van der Waals surface area contributed by atoms with Gasteiger partial charge in [-0.2, -0.15) is 0 Å². The van der Waals surface area contributed by atoms with Crippen LogP contribution in [0.3, 0.4) is 0 Å². The molecule has 0 spiro atoms. The largest absolute Gasteiger partial charge is 3.00 e. The first-order valence-corrected chi connectivity index (χ1v) is 0. The average Bonchev–Trinajstić information content (AvgIpc) is 0. The van der Waals surface area contributed by atoms with E-state index in [0.717, 1.165) is 0 Å². The molecule has 7 heteroatoms. The normalized spacial score (nSPS) is 0. The number of hydrogen-bond donors (Lipinski definition) is 0. The SMILES string of the molecule is O.[Au+3].[Cl-].[Cl-].[Cl-].[Cl-].[K+]. The first-order chi connectivity index (χ1) is 0. The van der Waals surface area contributed by atoms with E-state index < -0.39 is 0 Å². The number of hydrogen-bond acceptors (Lipinski definition) is 0. The summed E-state index contributed by atoms with van der Waals surface area (Å²) in [5.41, 5.74) is 0. The van der Waals surface area contributed by atoms with E-state index >= 15 is 0 Å². The minimum absolute atomic E-state index is 0. The molecule has 1 nitrogen and oxygen atoms in total. The molecule has 0 radical (unpaired) electrons. The van der Waals surface area contributed by atoms with E-state index in [1.165, 1.54) is 0 Å². The van der Waals surface area contributed by atoms with E-state index in [1.807, 2.05) is 0 Å². The Kier molecular flexibility index (Phi) is 620. The third kappa shape index (κ3) is 43.7. The predicted molar refractivity (Wildman–Crippen MR) is 3.61 cm³/mol. The molecule has 0 amide bonds. The Labute approximate surface area is 126 Å². The predicted octanol–water partition coefficient (Wildman–Crippen LogP) is -15.8. The summed E-state index contributed by atoms with van der Waals surface area (Å²) in [5, 5.41) is 0. The van der Waals surface area contributed by atoms with Crippen molar-refractivity contribution in [2.24, 2.45) is 0 Å². The fraction of sp³-hybridized carbons (Fsp3) is 0. The Morgan fingerprint density at radius 2 is 0.571 bits per heavy atom. The molecule has 0 aliphatic carbocycles. The fourth-order valence-electron chi connectivity index (χ4n) is 0. The molecule has 48 valence electrons. The molecule has 0 fully saturated rings. The molecule has 2 N–H and O–H groups in total. The van der Waals surface area contributed by atoms with Crippen molar-refractivity contribution >= 4 is 0 Å². The molecule has 0 atom stereocenters. The van der Waals surface area contributed by atoms with Crippen molar-refractivity contribution in [3.8, 4) is 0 Å². The molecule has 0 aromatic heterocycles. The van der Waals surface area contributed by atoms with Gasteiger partial charge in [-0.05, 0) is 0 Å². The van der Waals surface area contributed by atoms with E-state index in [0.29, 0.717) is 0 Å². The minimum atomic E-state index is 0. The zero-order chi connectivity index (χ0) is 0. The molecule has 7 heavy (non-hydrogen) atoms. The Morgan fingerprint density at radius 3 is 0.571 bits per heavy atom. The Balaban J connectivity index is 0. The molecule has 0 aromatic rings. The molecule has 0 bridgehead atoms. The second-order valence-corrected chi connectivity index (χ2v) is 0. The molecule has 0 unspecified atom stereocenters. The second kappa shape index (κ2) is 56.1. The van der Waals surface area contributed by atoms with Gasteiger partial charge in [-0.15, -0.1) is 0 Å². The molecule has 0 heterocycles. The maximum Gasteiger partial charge on any atom is 3.00 e. The third-order valence-corrected chi connectivity index (χ3v) is 0. The van der Waals surface area contributed by atoms with Crippen LogP contribution < -0.4 is 101 Å². The monoisotopic (exact) mass is 394 g/mol. The molecular weight excluding hydrogens is 394 g/mol. The average molecular weight is 396 g/mol. The van der Waals surface area contributed by atoms with Crippen molar-refractivity contribution in [1.29, 1.82) is 0 Å². The Bertz CT molecular complexity index is 11.7. The molecule has 0 saturated heterocycles. The summed E-state index contributed by atoms with van der Waals surface area (Å²) >= 11 is 0. The minimum Gasteiger partial charge on any atom is -1.00 e. The van der Waals surface area contributed by atoms with Crippen LogP contribution in [0, 0.1) is 0 Å². The van der Waals surface area contributed by atoms with Gasteiger partial charge in [0, 0.05) is 0 Å². The van der Waals surface area contributed by atoms with Crippen LogP contribution in [-0.2, 0) is 22.4 Å². The van der Waals surface area contributed by atoms with Crippen molar-refractivity contribution in [1.82, 2.24) is 0 Å². The topological polar surface area (TPSA) is 31.5 Å². The van der Waals surface area contributed by atoms with Crippen LogP contribution in [0.1, 0.15) is 0 Å². The zero-order valence-corrected chi connectivity index (χ0v) is 11.6. The molecule has 0 saturated carbocycles. The van der Waals surface area contributed by atoms with E-state index in [2.05, 4.69) is 0 Å². The molecule has 0 aliphatic heterocycles. The summed E-state index contributed by atoms with van der Waals surface area (Å²) in [7, 11) is 0. The first-order valence-electron chi connectivity index (χ1n) is 0. The van der Waals surface area contributed by atoms with Crippen LogP contribution in [0.4, 0.5) is 0 Å². The van der Waals surface area contributed by atoms with Crippen molar-refractivity contribution in [3.05, 3.63) is 0 Å². The zero-order valence-electron chi connectivity index (χ0n) is 3.31. The van der Waals surface area contributed by atoms with E-state index in [1.54, 1.807) is 0 Å². The number of rotatable bonds is 0. The van der Waals surface area contributed by atoms with Gasteiger partial charge in [0.25, 0.3) is 0 Å². The van der Waals surface area contributed by atoms with Crippen molar-refractivity contribution in [2.45, 2.75) is 0 Å². The van der Waals surface area contributed by atoms with Crippen LogP contribution in [0.5, 0.6) is 0 Å². The van der Waals surface area contributed by atoms with Crippen molar-refractivity contribution < 1.29 is 129 Å². The summed E-state index contributed by atoms with van der Waals surface area (Å²) in [5.74, 6) is 0. The summed E-state index contributed by atoms with van der Waals surface area (Å²) in [6.45, 7) is 0. The van der Waals surface area contributed by atoms with Gasteiger partial charge >= 0.3 is 73.8 Å². The molecule has 0 aromatic carbocycles. The van der Waals surface area contributed by atoms with Crippen LogP contribution in [0.25, 0.3) is 0 Å². The Hall–Kier alpha value is 3.50. The molecule has 0 aliphatic rings. The van der Waals surface area contributed by atoms with Gasteiger partial charge in [0.15, 0.2) is 0 Å². The smallest absolute Gasteiger partial charge is 1.00 e. The van der Waals surface area contributed by atoms with Crippen LogP contribution in [0.15, 0.2) is 0 Å². The van der Waals surface area contributed by atoms with Gasteiger partial charge in [-0.25, -0.2) is 0 Å². The summed E-state index contributed by atoms with van der Waals surface area (Å²) in [6.07, 6.45) is 0. The van der Waals surface area contributed by atoms with Crippen LogP contribution >= 0.6 is 0 Å². The fourth-order valence-corrected chi connectivity index (χ4v) is 0. The van der Waals surface area contributed by atoms with Gasteiger partial charge in [-0.1, -0.05) is 0 Å².